The maximum absolute atomic E-state index is 5.43. The van der Waals surface area contributed by atoms with Gasteiger partial charge in [-0.25, -0.2) is 9.67 Å². The summed E-state index contributed by atoms with van der Waals surface area (Å²) in [6, 6.07) is 7.73. The molecule has 0 spiro atoms. The van der Waals surface area contributed by atoms with Gasteiger partial charge >= 0.3 is 0 Å². The number of fused-ring (bicyclic) bond motifs is 5. The molecule has 150 valence electrons. The third-order valence-electron chi connectivity index (χ3n) is 5.13. The normalized spacial score (nSPS) is 11.7. The van der Waals surface area contributed by atoms with Crippen molar-refractivity contribution in [3.8, 4) is 29.0 Å². The van der Waals surface area contributed by atoms with Crippen LogP contribution in [0.4, 0.5) is 0 Å². The fourth-order valence-electron chi connectivity index (χ4n) is 3.59. The molecule has 0 radical (unpaired) electrons. The van der Waals surface area contributed by atoms with E-state index in [9.17, 15) is 0 Å². The second-order valence-electron chi connectivity index (χ2n) is 6.86. The Bertz CT molecular complexity index is 1300. The van der Waals surface area contributed by atoms with Crippen molar-refractivity contribution < 1.29 is 9.47 Å². The van der Waals surface area contributed by atoms with Crippen molar-refractivity contribution in [1.82, 2.24) is 34.3 Å². The highest BCUT2D eigenvalue weighted by atomic mass is 16.5. The van der Waals surface area contributed by atoms with Crippen molar-refractivity contribution in [2.75, 3.05) is 14.2 Å². The lowest BCUT2D eigenvalue weighted by molar-refractivity contribution is 0.180. The SMILES string of the molecule is COCc1nnn2c1Cc1c(C#Cc3ccnn3C)ncn1-c1ccc(OC)cc1-2. The molecule has 1 aromatic carbocycles. The quantitative estimate of drug-likeness (QED) is 0.428. The summed E-state index contributed by atoms with van der Waals surface area (Å²) in [5.41, 5.74) is 6.01. The van der Waals surface area contributed by atoms with Crippen LogP contribution in [0.3, 0.4) is 0 Å². The van der Waals surface area contributed by atoms with Gasteiger partial charge in [0.1, 0.15) is 29.2 Å². The molecule has 9 heteroatoms. The van der Waals surface area contributed by atoms with E-state index in [1.165, 1.54) is 0 Å². The summed E-state index contributed by atoms with van der Waals surface area (Å²) in [4.78, 5) is 4.59. The zero-order valence-electron chi connectivity index (χ0n) is 16.8. The third-order valence-corrected chi connectivity index (χ3v) is 5.13. The van der Waals surface area contributed by atoms with E-state index in [1.54, 1.807) is 31.4 Å². The van der Waals surface area contributed by atoms with Crippen molar-refractivity contribution in [2.24, 2.45) is 7.05 Å². The molecule has 9 nitrogen and oxygen atoms in total. The van der Waals surface area contributed by atoms with Gasteiger partial charge in [0.2, 0.25) is 0 Å². The van der Waals surface area contributed by atoms with E-state index in [-0.39, 0.29) is 0 Å². The van der Waals surface area contributed by atoms with Crippen LogP contribution in [0.1, 0.15) is 28.5 Å². The number of methoxy groups -OCH3 is 2. The summed E-state index contributed by atoms with van der Waals surface area (Å²) in [5, 5.41) is 12.9. The van der Waals surface area contributed by atoms with Crippen LogP contribution in [0, 0.1) is 11.8 Å². The summed E-state index contributed by atoms with van der Waals surface area (Å²) in [6.45, 7) is 0.374. The van der Waals surface area contributed by atoms with Gasteiger partial charge in [0.15, 0.2) is 0 Å². The molecule has 30 heavy (non-hydrogen) atoms. The van der Waals surface area contributed by atoms with Gasteiger partial charge in [0, 0.05) is 26.6 Å². The van der Waals surface area contributed by atoms with E-state index in [0.29, 0.717) is 18.7 Å². The molecule has 0 saturated heterocycles. The second-order valence-corrected chi connectivity index (χ2v) is 6.86. The molecule has 0 atom stereocenters. The molecule has 5 rings (SSSR count). The molecule has 1 aliphatic heterocycles. The lowest BCUT2D eigenvalue weighted by Crippen LogP contribution is -2.04. The first-order valence-corrected chi connectivity index (χ1v) is 9.37. The zero-order valence-corrected chi connectivity index (χ0v) is 16.8. The predicted octanol–water partition coefficient (Wildman–Crippen LogP) is 1.65. The number of hydrogen-bond donors (Lipinski definition) is 0. The lowest BCUT2D eigenvalue weighted by Gasteiger charge is -2.11. The maximum Gasteiger partial charge on any atom is 0.135 e. The van der Waals surface area contributed by atoms with E-state index < -0.39 is 0 Å². The Morgan fingerprint density at radius 2 is 2.00 bits per heavy atom. The molecule has 4 aromatic rings. The van der Waals surface area contributed by atoms with Crippen LogP contribution in [0.15, 0.2) is 36.8 Å². The van der Waals surface area contributed by atoms with Crippen LogP contribution in [-0.4, -0.2) is 48.5 Å². The summed E-state index contributed by atoms with van der Waals surface area (Å²) in [5.74, 6) is 7.10. The molecule has 0 aliphatic carbocycles. The highest BCUT2D eigenvalue weighted by Gasteiger charge is 2.26. The van der Waals surface area contributed by atoms with Crippen molar-refractivity contribution in [1.29, 1.82) is 0 Å². The Hall–Kier alpha value is -3.90. The topological polar surface area (TPSA) is 84.8 Å². The number of aryl methyl sites for hydroxylation is 1. The van der Waals surface area contributed by atoms with E-state index in [0.717, 1.165) is 39.9 Å². The predicted molar refractivity (Wildman–Crippen MR) is 108 cm³/mol. The average molecular weight is 401 g/mol. The summed E-state index contributed by atoms with van der Waals surface area (Å²) in [6.07, 6.45) is 4.09. The van der Waals surface area contributed by atoms with E-state index in [2.05, 4.69) is 32.2 Å². The highest BCUT2D eigenvalue weighted by Crippen LogP contribution is 2.32. The lowest BCUT2D eigenvalue weighted by atomic mass is 10.1. The first kappa shape index (κ1) is 18.1. The number of imidazole rings is 1. The van der Waals surface area contributed by atoms with E-state index in [4.69, 9.17) is 9.47 Å². The monoisotopic (exact) mass is 401 g/mol. The number of hydrogen-bond acceptors (Lipinski definition) is 6. The Morgan fingerprint density at radius 1 is 1.10 bits per heavy atom. The Kier molecular flexibility index (Phi) is 4.34. The Labute approximate surface area is 172 Å². The van der Waals surface area contributed by atoms with Crippen molar-refractivity contribution in [3.05, 3.63) is 65.3 Å². The van der Waals surface area contributed by atoms with Gasteiger partial charge < -0.3 is 9.47 Å². The molecule has 4 heterocycles. The van der Waals surface area contributed by atoms with Gasteiger partial charge in [-0.05, 0) is 30.0 Å². The fourth-order valence-corrected chi connectivity index (χ4v) is 3.59. The number of aromatic nitrogens is 7. The number of ether oxygens (including phenoxy) is 2. The van der Waals surface area contributed by atoms with Crippen LogP contribution in [0.25, 0.3) is 11.4 Å². The standard InChI is InChI=1S/C21H19N7O2/c1-26-14(8-9-23-26)4-6-16-19-11-20-17(12-29-2)24-25-28(20)21-10-15(30-3)5-7-18(21)27(19)13-22-16/h5,7-10,13H,11-12H2,1-3H3. The van der Waals surface area contributed by atoms with E-state index in [1.807, 2.05) is 40.6 Å². The Balaban J connectivity index is 1.71. The minimum absolute atomic E-state index is 0.374. The zero-order chi connectivity index (χ0) is 20.7. The highest BCUT2D eigenvalue weighted by molar-refractivity contribution is 5.60. The second kappa shape index (κ2) is 7.17. The maximum atomic E-state index is 5.43. The molecule has 0 saturated carbocycles. The van der Waals surface area contributed by atoms with Crippen LogP contribution >= 0.6 is 0 Å². The fraction of sp³-hybridized carbons (Fsp3) is 0.238. The van der Waals surface area contributed by atoms with Crippen LogP contribution in [-0.2, 0) is 24.8 Å². The van der Waals surface area contributed by atoms with Gasteiger partial charge in [0.25, 0.3) is 0 Å². The first-order chi connectivity index (χ1) is 14.7. The summed E-state index contributed by atoms with van der Waals surface area (Å²) in [7, 11) is 5.16. The molecule has 1 aliphatic rings. The number of rotatable bonds is 3. The van der Waals surface area contributed by atoms with E-state index >= 15 is 0 Å². The minimum Gasteiger partial charge on any atom is -0.497 e. The number of benzene rings is 1. The summed E-state index contributed by atoms with van der Waals surface area (Å²) < 4.78 is 16.4. The van der Waals surface area contributed by atoms with Crippen molar-refractivity contribution in [3.63, 3.8) is 0 Å². The third kappa shape index (κ3) is 2.86. The van der Waals surface area contributed by atoms with Gasteiger partial charge in [-0.1, -0.05) is 5.21 Å². The van der Waals surface area contributed by atoms with Crippen molar-refractivity contribution >= 4 is 0 Å². The minimum atomic E-state index is 0.374. The molecular weight excluding hydrogens is 382 g/mol. The molecular formula is C21H19N7O2. The first-order valence-electron chi connectivity index (χ1n) is 9.37. The van der Waals surface area contributed by atoms with Gasteiger partial charge in [-0.15, -0.1) is 5.10 Å². The van der Waals surface area contributed by atoms with Crippen LogP contribution in [0.2, 0.25) is 0 Å². The molecule has 0 bridgehead atoms. The molecule has 0 unspecified atom stereocenters. The average Bonchev–Trinajstić information content (AvgIpc) is 3.44. The molecule has 0 fully saturated rings. The van der Waals surface area contributed by atoms with Crippen LogP contribution < -0.4 is 4.74 Å². The van der Waals surface area contributed by atoms with Gasteiger partial charge in [-0.2, -0.15) is 5.10 Å². The molecule has 0 N–H and O–H groups in total. The van der Waals surface area contributed by atoms with Gasteiger partial charge in [0.05, 0.1) is 42.7 Å². The Morgan fingerprint density at radius 3 is 2.77 bits per heavy atom. The molecule has 0 amide bonds. The molecule has 3 aromatic heterocycles. The summed E-state index contributed by atoms with van der Waals surface area (Å²) >= 11 is 0. The van der Waals surface area contributed by atoms with Crippen LogP contribution in [0.5, 0.6) is 5.75 Å². The van der Waals surface area contributed by atoms with Gasteiger partial charge in [-0.3, -0.25) is 9.25 Å². The van der Waals surface area contributed by atoms with Crippen molar-refractivity contribution in [2.45, 2.75) is 13.0 Å². The largest absolute Gasteiger partial charge is 0.497 e. The number of nitrogens with zero attached hydrogens (tertiary/aromatic N) is 7. The smallest absolute Gasteiger partial charge is 0.135 e.